The van der Waals surface area contributed by atoms with E-state index in [-0.39, 0.29) is 11.2 Å². The topological polar surface area (TPSA) is 72.2 Å². The predicted octanol–water partition coefficient (Wildman–Crippen LogP) is 0.833. The molecule has 1 unspecified atom stereocenters. The molecule has 1 aliphatic rings. The van der Waals surface area contributed by atoms with Crippen molar-refractivity contribution in [2.75, 3.05) is 13.1 Å². The highest BCUT2D eigenvalue weighted by atomic mass is 32.2. The Morgan fingerprint density at radius 3 is 2.47 bits per heavy atom. The molecule has 5 heteroatoms. The molecule has 1 atom stereocenters. The van der Waals surface area contributed by atoms with Gasteiger partial charge in [0.15, 0.2) is 0 Å². The van der Waals surface area contributed by atoms with Crippen molar-refractivity contribution < 1.29 is 8.42 Å². The fraction of sp³-hybridized carbons (Fsp3) is 1.00. The molecular weight excluding hydrogens is 212 g/mol. The summed E-state index contributed by atoms with van der Waals surface area (Å²) in [6.07, 6.45) is 4.87. The Bertz CT molecular complexity index is 271. The van der Waals surface area contributed by atoms with Gasteiger partial charge in [0.1, 0.15) is 0 Å². The molecule has 0 aromatic carbocycles. The molecule has 1 saturated carbocycles. The highest BCUT2D eigenvalue weighted by molar-refractivity contribution is 7.90. The number of sulfonamides is 1. The number of hydrogen-bond acceptors (Lipinski definition) is 3. The van der Waals surface area contributed by atoms with Crippen LogP contribution in [0.3, 0.4) is 0 Å². The molecule has 0 amide bonds. The van der Waals surface area contributed by atoms with E-state index in [1.807, 2.05) is 6.92 Å². The average molecular weight is 234 g/mol. The van der Waals surface area contributed by atoms with Gasteiger partial charge < -0.3 is 5.73 Å². The molecule has 0 aromatic rings. The molecule has 1 rings (SSSR count). The summed E-state index contributed by atoms with van der Waals surface area (Å²) < 4.78 is 26.4. The third kappa shape index (κ3) is 4.09. The van der Waals surface area contributed by atoms with Gasteiger partial charge in [-0.1, -0.05) is 26.2 Å². The first-order valence-electron chi connectivity index (χ1n) is 5.75. The van der Waals surface area contributed by atoms with Crippen LogP contribution in [0.15, 0.2) is 0 Å². The van der Waals surface area contributed by atoms with E-state index in [0.717, 1.165) is 25.7 Å². The minimum absolute atomic E-state index is 0.170. The maximum atomic E-state index is 11.9. The molecule has 0 radical (unpaired) electrons. The monoisotopic (exact) mass is 234 g/mol. The van der Waals surface area contributed by atoms with E-state index < -0.39 is 10.0 Å². The lowest BCUT2D eigenvalue weighted by Gasteiger charge is -2.22. The van der Waals surface area contributed by atoms with Gasteiger partial charge in [-0.2, -0.15) is 0 Å². The van der Waals surface area contributed by atoms with Crippen molar-refractivity contribution in [3.8, 4) is 0 Å². The largest absolute Gasteiger partial charge is 0.330 e. The van der Waals surface area contributed by atoms with Crippen LogP contribution in [0.4, 0.5) is 0 Å². The van der Waals surface area contributed by atoms with E-state index in [0.29, 0.717) is 13.1 Å². The fourth-order valence-electron chi connectivity index (χ4n) is 1.84. The normalized spacial score (nSPS) is 21.5. The molecule has 3 N–H and O–H groups in total. The Kier molecular flexibility index (Phi) is 5.02. The van der Waals surface area contributed by atoms with Gasteiger partial charge in [0, 0.05) is 6.54 Å². The molecule has 0 aromatic heterocycles. The van der Waals surface area contributed by atoms with Gasteiger partial charge in [-0.3, -0.25) is 0 Å². The van der Waals surface area contributed by atoms with Crippen LogP contribution >= 0.6 is 0 Å². The standard InChI is InChI=1S/C10H22N2O2S/c1-9(7-11)8-12-15(13,14)10-5-3-2-4-6-10/h9-10,12H,2-8,11H2,1H3. The van der Waals surface area contributed by atoms with E-state index in [2.05, 4.69) is 4.72 Å². The lowest BCUT2D eigenvalue weighted by Crippen LogP contribution is -2.38. The summed E-state index contributed by atoms with van der Waals surface area (Å²) in [4.78, 5) is 0. The predicted molar refractivity (Wildman–Crippen MR) is 62.0 cm³/mol. The highest BCUT2D eigenvalue weighted by Gasteiger charge is 2.26. The molecule has 0 bridgehead atoms. The lowest BCUT2D eigenvalue weighted by molar-refractivity contribution is 0.471. The van der Waals surface area contributed by atoms with Crippen LogP contribution in [-0.4, -0.2) is 26.8 Å². The van der Waals surface area contributed by atoms with E-state index in [9.17, 15) is 8.42 Å². The van der Waals surface area contributed by atoms with Crippen molar-refractivity contribution >= 4 is 10.0 Å². The van der Waals surface area contributed by atoms with Gasteiger partial charge in [-0.05, 0) is 25.3 Å². The zero-order valence-electron chi connectivity index (χ0n) is 9.41. The minimum atomic E-state index is -3.09. The SMILES string of the molecule is CC(CN)CNS(=O)(=O)C1CCCCC1. The molecule has 0 spiro atoms. The maximum absolute atomic E-state index is 11.9. The minimum Gasteiger partial charge on any atom is -0.330 e. The van der Waals surface area contributed by atoms with Crippen LogP contribution < -0.4 is 10.5 Å². The van der Waals surface area contributed by atoms with E-state index in [4.69, 9.17) is 5.73 Å². The molecule has 0 heterocycles. The van der Waals surface area contributed by atoms with Gasteiger partial charge in [0.05, 0.1) is 5.25 Å². The van der Waals surface area contributed by atoms with Gasteiger partial charge in [-0.25, -0.2) is 13.1 Å². The Balaban J connectivity index is 2.43. The third-order valence-corrected chi connectivity index (χ3v) is 4.94. The second kappa shape index (κ2) is 5.82. The van der Waals surface area contributed by atoms with E-state index in [1.54, 1.807) is 0 Å². The van der Waals surface area contributed by atoms with Crippen LogP contribution in [0.2, 0.25) is 0 Å². The molecule has 1 fully saturated rings. The summed E-state index contributed by atoms with van der Waals surface area (Å²) in [5.41, 5.74) is 5.45. The quantitative estimate of drug-likeness (QED) is 0.740. The van der Waals surface area contributed by atoms with Crippen molar-refractivity contribution in [1.82, 2.24) is 4.72 Å². The fourth-order valence-corrected chi connectivity index (χ4v) is 3.54. The molecule has 0 aliphatic heterocycles. The van der Waals surface area contributed by atoms with Crippen LogP contribution in [0.5, 0.6) is 0 Å². The van der Waals surface area contributed by atoms with Crippen LogP contribution in [0.25, 0.3) is 0 Å². The van der Waals surface area contributed by atoms with Crippen molar-refractivity contribution in [2.45, 2.75) is 44.3 Å². The number of nitrogens with two attached hydrogens (primary N) is 1. The number of rotatable bonds is 5. The van der Waals surface area contributed by atoms with Gasteiger partial charge >= 0.3 is 0 Å². The van der Waals surface area contributed by atoms with Crippen molar-refractivity contribution in [2.24, 2.45) is 11.7 Å². The summed E-state index contributed by atoms with van der Waals surface area (Å²) in [5, 5.41) is -0.170. The van der Waals surface area contributed by atoms with Gasteiger partial charge in [-0.15, -0.1) is 0 Å². The van der Waals surface area contributed by atoms with Crippen molar-refractivity contribution in [1.29, 1.82) is 0 Å². The first-order valence-corrected chi connectivity index (χ1v) is 7.29. The van der Waals surface area contributed by atoms with Crippen LogP contribution in [0, 0.1) is 5.92 Å². The summed E-state index contributed by atoms with van der Waals surface area (Å²) in [6.45, 7) is 2.94. The zero-order valence-corrected chi connectivity index (χ0v) is 10.2. The van der Waals surface area contributed by atoms with E-state index in [1.165, 1.54) is 6.42 Å². The third-order valence-electron chi connectivity index (χ3n) is 3.03. The molecule has 1 aliphatic carbocycles. The first-order chi connectivity index (χ1) is 7.06. The molecule has 0 saturated heterocycles. The van der Waals surface area contributed by atoms with Gasteiger partial charge in [0.25, 0.3) is 0 Å². The number of hydrogen-bond donors (Lipinski definition) is 2. The van der Waals surface area contributed by atoms with Crippen LogP contribution in [-0.2, 0) is 10.0 Å². The van der Waals surface area contributed by atoms with Crippen molar-refractivity contribution in [3.63, 3.8) is 0 Å². The Morgan fingerprint density at radius 2 is 1.93 bits per heavy atom. The molecule has 90 valence electrons. The molecule has 15 heavy (non-hydrogen) atoms. The highest BCUT2D eigenvalue weighted by Crippen LogP contribution is 2.22. The number of nitrogens with one attached hydrogen (secondary N) is 1. The zero-order chi connectivity index (χ0) is 11.3. The van der Waals surface area contributed by atoms with E-state index >= 15 is 0 Å². The summed E-state index contributed by atoms with van der Waals surface area (Å²) in [6, 6.07) is 0. The van der Waals surface area contributed by atoms with Gasteiger partial charge in [0.2, 0.25) is 10.0 Å². The molecule has 4 nitrogen and oxygen atoms in total. The lowest BCUT2D eigenvalue weighted by atomic mass is 10.0. The summed E-state index contributed by atoms with van der Waals surface area (Å²) in [5.74, 6) is 0.211. The smallest absolute Gasteiger partial charge is 0.214 e. The van der Waals surface area contributed by atoms with Crippen LogP contribution in [0.1, 0.15) is 39.0 Å². The van der Waals surface area contributed by atoms with Crippen molar-refractivity contribution in [3.05, 3.63) is 0 Å². The Hall–Kier alpha value is -0.130. The summed E-state index contributed by atoms with van der Waals surface area (Å²) >= 11 is 0. The molecular formula is C10H22N2O2S. The second-order valence-corrected chi connectivity index (χ2v) is 6.54. The second-order valence-electron chi connectivity index (χ2n) is 4.49. The maximum Gasteiger partial charge on any atom is 0.214 e. The Labute approximate surface area is 92.7 Å². The first kappa shape index (κ1) is 12.9. The average Bonchev–Trinajstić information content (AvgIpc) is 2.27. The summed E-state index contributed by atoms with van der Waals surface area (Å²) in [7, 11) is -3.09. The Morgan fingerprint density at radius 1 is 1.33 bits per heavy atom.